The summed E-state index contributed by atoms with van der Waals surface area (Å²) in [6, 6.07) is 4.23. The monoisotopic (exact) mass is 248 g/mol. The highest BCUT2D eigenvalue weighted by atomic mass is 32.1. The minimum Gasteiger partial charge on any atom is -0.385 e. The summed E-state index contributed by atoms with van der Waals surface area (Å²) >= 11 is 4.65. The van der Waals surface area contributed by atoms with Crippen LogP contribution in [0.4, 0.5) is 11.4 Å². The van der Waals surface area contributed by atoms with Gasteiger partial charge in [-0.3, -0.25) is 0 Å². The van der Waals surface area contributed by atoms with Crippen LogP contribution in [0.25, 0.3) is 0 Å². The second-order valence-electron chi connectivity index (χ2n) is 4.30. The van der Waals surface area contributed by atoms with Gasteiger partial charge in [0.2, 0.25) is 0 Å². The lowest BCUT2D eigenvalue weighted by molar-refractivity contribution is 0.744. The molecule has 0 atom stereocenters. The first-order valence-electron chi connectivity index (χ1n) is 6.12. The van der Waals surface area contributed by atoms with Gasteiger partial charge >= 0.3 is 0 Å². The second kappa shape index (κ2) is 7.21. The van der Waals surface area contributed by atoms with Crippen LogP contribution >= 0.6 is 12.2 Å². The third-order valence-corrected chi connectivity index (χ3v) is 2.85. The van der Waals surface area contributed by atoms with E-state index in [1.54, 1.807) is 0 Å². The van der Waals surface area contributed by atoms with E-state index < -0.39 is 0 Å². The van der Waals surface area contributed by atoms with Crippen LogP contribution < -0.4 is 5.32 Å². The number of nitrogens with one attached hydrogen (secondary N) is 1. The van der Waals surface area contributed by atoms with Gasteiger partial charge in [0.25, 0.3) is 0 Å². The van der Waals surface area contributed by atoms with Gasteiger partial charge in [-0.2, -0.15) is 4.99 Å². The molecule has 0 heterocycles. The van der Waals surface area contributed by atoms with Crippen LogP contribution in [-0.4, -0.2) is 11.7 Å². The first kappa shape index (κ1) is 13.9. The van der Waals surface area contributed by atoms with Gasteiger partial charge in [0.1, 0.15) is 0 Å². The van der Waals surface area contributed by atoms with E-state index in [2.05, 4.69) is 60.6 Å². The van der Waals surface area contributed by atoms with Crippen LogP contribution in [0.5, 0.6) is 0 Å². The van der Waals surface area contributed by atoms with E-state index in [0.29, 0.717) is 0 Å². The molecule has 2 nitrogen and oxygen atoms in total. The molecule has 17 heavy (non-hydrogen) atoms. The lowest BCUT2D eigenvalue weighted by atomic mass is 10.1. The van der Waals surface area contributed by atoms with E-state index in [4.69, 9.17) is 0 Å². The molecule has 0 fully saturated rings. The van der Waals surface area contributed by atoms with Gasteiger partial charge in [0, 0.05) is 12.2 Å². The Hall–Kier alpha value is -1.18. The Labute approximate surface area is 109 Å². The number of hydrogen-bond donors (Lipinski definition) is 1. The highest BCUT2D eigenvalue weighted by Gasteiger charge is 2.03. The third-order valence-electron chi connectivity index (χ3n) is 2.76. The number of aryl methyl sites for hydroxylation is 2. The van der Waals surface area contributed by atoms with Crippen LogP contribution in [-0.2, 0) is 0 Å². The highest BCUT2D eigenvalue weighted by molar-refractivity contribution is 7.78. The normalized spacial score (nSPS) is 9.82. The van der Waals surface area contributed by atoms with Crippen molar-refractivity contribution in [2.24, 2.45) is 4.99 Å². The molecule has 1 aromatic rings. The van der Waals surface area contributed by atoms with Crippen molar-refractivity contribution >= 4 is 28.8 Å². The Balaban J connectivity index is 2.73. The molecule has 92 valence electrons. The molecule has 0 saturated heterocycles. The smallest absolute Gasteiger partial charge is 0.0799 e. The quantitative estimate of drug-likeness (QED) is 0.450. The Bertz CT molecular complexity index is 397. The lowest BCUT2D eigenvalue weighted by Gasteiger charge is -2.10. The largest absolute Gasteiger partial charge is 0.385 e. The molecule has 0 amide bonds. The standard InChI is InChI=1S/C14H20N2S/c1-4-5-6-7-15-13-8-11(2)14(16-10-17)12(3)9-13/h8-9,15H,4-7H2,1-3H3. The Morgan fingerprint density at radius 2 is 1.88 bits per heavy atom. The Kier molecular flexibility index (Phi) is 5.88. The summed E-state index contributed by atoms with van der Waals surface area (Å²) in [6.07, 6.45) is 3.74. The summed E-state index contributed by atoms with van der Waals surface area (Å²) in [6.45, 7) is 7.35. The molecule has 0 aromatic heterocycles. The maximum absolute atomic E-state index is 4.65. The van der Waals surface area contributed by atoms with E-state index in [0.717, 1.165) is 23.4 Å². The van der Waals surface area contributed by atoms with Gasteiger partial charge in [-0.05, 0) is 55.7 Å². The number of isothiocyanates is 1. The van der Waals surface area contributed by atoms with Gasteiger partial charge < -0.3 is 5.32 Å². The molecule has 0 aliphatic carbocycles. The minimum absolute atomic E-state index is 0.944. The van der Waals surface area contributed by atoms with E-state index in [1.807, 2.05) is 0 Å². The van der Waals surface area contributed by atoms with Crippen molar-refractivity contribution < 1.29 is 0 Å². The molecule has 0 unspecified atom stereocenters. The van der Waals surface area contributed by atoms with Gasteiger partial charge in [0.15, 0.2) is 0 Å². The molecule has 1 aromatic carbocycles. The van der Waals surface area contributed by atoms with E-state index in [1.165, 1.54) is 24.9 Å². The average Bonchev–Trinajstić information content (AvgIpc) is 2.29. The fourth-order valence-electron chi connectivity index (χ4n) is 1.89. The third kappa shape index (κ3) is 4.29. The molecule has 1 rings (SSSR count). The predicted molar refractivity (Wildman–Crippen MR) is 78.6 cm³/mol. The zero-order valence-corrected chi connectivity index (χ0v) is 11.7. The summed E-state index contributed by atoms with van der Waals surface area (Å²) in [5.74, 6) is 0. The topological polar surface area (TPSA) is 24.4 Å². The number of nitrogens with zero attached hydrogens (tertiary/aromatic N) is 1. The zero-order valence-electron chi connectivity index (χ0n) is 10.8. The summed E-state index contributed by atoms with van der Waals surface area (Å²) in [4.78, 5) is 4.09. The van der Waals surface area contributed by atoms with Crippen molar-refractivity contribution in [3.63, 3.8) is 0 Å². The zero-order chi connectivity index (χ0) is 12.7. The molecule has 0 bridgehead atoms. The van der Waals surface area contributed by atoms with E-state index in [-0.39, 0.29) is 0 Å². The summed E-state index contributed by atoms with van der Waals surface area (Å²) < 4.78 is 0. The van der Waals surface area contributed by atoms with Crippen LogP contribution in [0, 0.1) is 13.8 Å². The molecule has 0 saturated carbocycles. The molecule has 0 aliphatic heterocycles. The van der Waals surface area contributed by atoms with Crippen molar-refractivity contribution in [2.45, 2.75) is 40.0 Å². The first-order valence-corrected chi connectivity index (χ1v) is 6.52. The SMILES string of the molecule is CCCCCNc1cc(C)c(N=C=S)c(C)c1. The maximum Gasteiger partial charge on any atom is 0.0799 e. The van der Waals surface area contributed by atoms with Crippen molar-refractivity contribution in [2.75, 3.05) is 11.9 Å². The minimum atomic E-state index is 0.944. The number of thiocarbonyl (C=S) groups is 1. The number of unbranched alkanes of at least 4 members (excludes halogenated alkanes) is 2. The van der Waals surface area contributed by atoms with Crippen molar-refractivity contribution in [3.8, 4) is 0 Å². The van der Waals surface area contributed by atoms with Gasteiger partial charge in [-0.25, -0.2) is 0 Å². The fourth-order valence-corrected chi connectivity index (χ4v) is 1.98. The summed E-state index contributed by atoms with van der Waals surface area (Å²) in [5, 5.41) is 5.88. The second-order valence-corrected chi connectivity index (χ2v) is 4.48. The molecular formula is C14H20N2S. The molecule has 0 aliphatic rings. The highest BCUT2D eigenvalue weighted by Crippen LogP contribution is 2.27. The van der Waals surface area contributed by atoms with Crippen LogP contribution in [0.3, 0.4) is 0 Å². The van der Waals surface area contributed by atoms with Crippen LogP contribution in [0.2, 0.25) is 0 Å². The van der Waals surface area contributed by atoms with Crippen molar-refractivity contribution in [1.82, 2.24) is 0 Å². The Morgan fingerprint density at radius 1 is 1.24 bits per heavy atom. The average molecular weight is 248 g/mol. The van der Waals surface area contributed by atoms with Crippen LogP contribution in [0.15, 0.2) is 17.1 Å². The molecule has 3 heteroatoms. The van der Waals surface area contributed by atoms with Crippen molar-refractivity contribution in [1.29, 1.82) is 0 Å². The maximum atomic E-state index is 4.65. The van der Waals surface area contributed by atoms with Gasteiger partial charge in [-0.1, -0.05) is 19.8 Å². The number of anilines is 1. The summed E-state index contributed by atoms with van der Waals surface area (Å²) in [5.41, 5.74) is 4.39. The first-order chi connectivity index (χ1) is 8.19. The van der Waals surface area contributed by atoms with Gasteiger partial charge in [-0.15, -0.1) is 0 Å². The van der Waals surface area contributed by atoms with E-state index in [9.17, 15) is 0 Å². The number of hydrogen-bond acceptors (Lipinski definition) is 3. The van der Waals surface area contributed by atoms with E-state index >= 15 is 0 Å². The molecular weight excluding hydrogens is 228 g/mol. The van der Waals surface area contributed by atoms with Gasteiger partial charge in [0.05, 0.1) is 10.8 Å². The summed E-state index contributed by atoms with van der Waals surface area (Å²) in [7, 11) is 0. The predicted octanol–water partition coefficient (Wildman–Crippen LogP) is 4.64. The number of aliphatic imine (C=N–C) groups is 1. The fraction of sp³-hybridized carbons (Fsp3) is 0.500. The molecule has 0 spiro atoms. The molecule has 0 radical (unpaired) electrons. The number of benzene rings is 1. The number of rotatable bonds is 6. The molecule has 1 N–H and O–H groups in total. The lowest BCUT2D eigenvalue weighted by Crippen LogP contribution is -2.01. The van der Waals surface area contributed by atoms with Crippen molar-refractivity contribution in [3.05, 3.63) is 23.3 Å². The Morgan fingerprint density at radius 3 is 2.41 bits per heavy atom. The van der Waals surface area contributed by atoms with Crippen LogP contribution in [0.1, 0.15) is 37.3 Å².